The lowest BCUT2D eigenvalue weighted by molar-refractivity contribution is 0.408. The first-order valence-electron chi connectivity index (χ1n) is 8.32. The summed E-state index contributed by atoms with van der Waals surface area (Å²) in [6.45, 7) is 0. The van der Waals surface area contributed by atoms with Crippen molar-refractivity contribution in [2.45, 2.75) is 0 Å². The number of benzene rings is 2. The van der Waals surface area contributed by atoms with Crippen molar-refractivity contribution in [2.24, 2.45) is 0 Å². The topological polar surface area (TPSA) is 81.3 Å². The summed E-state index contributed by atoms with van der Waals surface area (Å²) in [7, 11) is 3.26. The van der Waals surface area contributed by atoms with Crippen LogP contribution in [0.3, 0.4) is 0 Å². The van der Waals surface area contributed by atoms with Gasteiger partial charge in [0.15, 0.2) is 0 Å². The van der Waals surface area contributed by atoms with Crippen molar-refractivity contribution < 1.29 is 14.2 Å². The van der Waals surface area contributed by atoms with Crippen LogP contribution in [0, 0.1) is 0 Å². The highest BCUT2D eigenvalue weighted by Gasteiger charge is 2.11. The number of nitrogens with zero attached hydrogens (tertiary/aromatic N) is 2. The summed E-state index contributed by atoms with van der Waals surface area (Å²) in [6.07, 6.45) is 1.67. The van der Waals surface area contributed by atoms with Gasteiger partial charge in [-0.1, -0.05) is 6.07 Å². The maximum atomic E-state index is 6.07. The molecule has 0 aliphatic rings. The number of rotatable bonds is 6. The molecular weight excluding hydrogens is 344 g/mol. The van der Waals surface area contributed by atoms with Crippen LogP contribution in [0.5, 0.6) is 23.1 Å². The molecule has 2 N–H and O–H groups in total. The number of methoxy groups -OCH3 is 2. The summed E-state index contributed by atoms with van der Waals surface area (Å²) >= 11 is 0. The molecule has 2 aromatic heterocycles. The fraction of sp³-hybridized carbons (Fsp3) is 0.100. The first kappa shape index (κ1) is 16.7. The maximum Gasteiger partial charge on any atom is 0.229 e. The van der Waals surface area contributed by atoms with E-state index in [9.17, 15) is 0 Å². The van der Waals surface area contributed by atoms with Gasteiger partial charge in [0.05, 0.1) is 20.4 Å². The molecular formula is C20H18N4O3. The number of hydrogen-bond acceptors (Lipinski definition) is 6. The molecule has 7 nitrogen and oxygen atoms in total. The average Bonchev–Trinajstić information content (AvgIpc) is 3.20. The van der Waals surface area contributed by atoms with Crippen molar-refractivity contribution >= 4 is 22.4 Å². The highest BCUT2D eigenvalue weighted by molar-refractivity contribution is 5.90. The van der Waals surface area contributed by atoms with E-state index < -0.39 is 0 Å². The molecule has 27 heavy (non-hydrogen) atoms. The Bertz CT molecular complexity index is 1060. The van der Waals surface area contributed by atoms with Gasteiger partial charge in [-0.15, -0.1) is 0 Å². The lowest BCUT2D eigenvalue weighted by Gasteiger charge is -2.12. The third kappa shape index (κ3) is 3.62. The van der Waals surface area contributed by atoms with Gasteiger partial charge in [-0.2, -0.15) is 10.1 Å². The number of fused-ring (bicyclic) bond motifs is 1. The number of hydrogen-bond donors (Lipinski definition) is 2. The van der Waals surface area contributed by atoms with Gasteiger partial charge in [0.25, 0.3) is 0 Å². The van der Waals surface area contributed by atoms with Crippen molar-refractivity contribution in [3.8, 4) is 23.1 Å². The molecule has 2 aromatic carbocycles. The summed E-state index contributed by atoms with van der Waals surface area (Å²) in [4.78, 5) is 4.62. The molecule has 0 fully saturated rings. The van der Waals surface area contributed by atoms with Crippen LogP contribution < -0.4 is 19.5 Å². The minimum atomic E-state index is 0.477. The zero-order chi connectivity index (χ0) is 18.6. The normalized spacial score (nSPS) is 10.6. The molecule has 0 bridgehead atoms. The van der Waals surface area contributed by atoms with Gasteiger partial charge >= 0.3 is 0 Å². The Labute approximate surface area is 155 Å². The Morgan fingerprint density at radius 2 is 1.70 bits per heavy atom. The van der Waals surface area contributed by atoms with E-state index >= 15 is 0 Å². The molecule has 136 valence electrons. The second-order valence-corrected chi connectivity index (χ2v) is 5.78. The van der Waals surface area contributed by atoms with Gasteiger partial charge in [0.2, 0.25) is 5.88 Å². The number of pyridine rings is 1. The molecule has 0 saturated carbocycles. The Hall–Kier alpha value is -3.74. The SMILES string of the molecule is COc1cccc(Oc2nc(Nc3ccn[nH]3)cc3cc(OC)ccc23)c1. The monoisotopic (exact) mass is 362 g/mol. The Kier molecular flexibility index (Phi) is 4.49. The molecule has 4 rings (SSSR count). The van der Waals surface area contributed by atoms with Crippen LogP contribution in [0.1, 0.15) is 0 Å². The summed E-state index contributed by atoms with van der Waals surface area (Å²) < 4.78 is 16.7. The summed E-state index contributed by atoms with van der Waals surface area (Å²) in [5, 5.41) is 11.8. The fourth-order valence-corrected chi connectivity index (χ4v) is 2.71. The fourth-order valence-electron chi connectivity index (χ4n) is 2.71. The Morgan fingerprint density at radius 3 is 2.48 bits per heavy atom. The number of aromatic amines is 1. The van der Waals surface area contributed by atoms with E-state index in [-0.39, 0.29) is 0 Å². The van der Waals surface area contributed by atoms with Crippen molar-refractivity contribution in [1.29, 1.82) is 0 Å². The van der Waals surface area contributed by atoms with Crippen LogP contribution in [0.15, 0.2) is 60.8 Å². The molecule has 0 unspecified atom stereocenters. The van der Waals surface area contributed by atoms with Crippen molar-refractivity contribution in [3.05, 3.63) is 60.8 Å². The van der Waals surface area contributed by atoms with Crippen molar-refractivity contribution in [1.82, 2.24) is 15.2 Å². The summed E-state index contributed by atoms with van der Waals surface area (Å²) in [6, 6.07) is 16.9. The van der Waals surface area contributed by atoms with Crippen LogP contribution in [-0.2, 0) is 0 Å². The predicted octanol–water partition coefficient (Wildman–Crippen LogP) is 4.51. The first-order chi connectivity index (χ1) is 13.2. The maximum absolute atomic E-state index is 6.07. The second-order valence-electron chi connectivity index (χ2n) is 5.78. The molecule has 0 aliphatic carbocycles. The molecule has 0 radical (unpaired) electrons. The molecule has 0 amide bonds. The lowest BCUT2D eigenvalue weighted by Crippen LogP contribution is -1.98. The lowest BCUT2D eigenvalue weighted by atomic mass is 10.1. The number of anilines is 2. The van der Waals surface area contributed by atoms with E-state index in [2.05, 4.69) is 20.5 Å². The van der Waals surface area contributed by atoms with E-state index in [0.29, 0.717) is 23.2 Å². The van der Waals surface area contributed by atoms with E-state index in [1.165, 1.54) is 0 Å². The van der Waals surface area contributed by atoms with E-state index in [4.69, 9.17) is 14.2 Å². The van der Waals surface area contributed by atoms with Crippen LogP contribution in [0.4, 0.5) is 11.6 Å². The second kappa shape index (κ2) is 7.25. The number of H-pyrrole nitrogens is 1. The minimum Gasteiger partial charge on any atom is -0.497 e. The van der Waals surface area contributed by atoms with Gasteiger partial charge in [0.1, 0.15) is 28.9 Å². The highest BCUT2D eigenvalue weighted by atomic mass is 16.5. The zero-order valence-electron chi connectivity index (χ0n) is 14.9. The standard InChI is InChI=1S/C20H18N4O3/c1-25-14-4-3-5-16(12-14)27-20-17-7-6-15(26-2)10-13(17)11-19(23-20)22-18-8-9-21-24-18/h3-12H,1-2H3,(H2,21,22,23,24). The molecule has 7 heteroatoms. The highest BCUT2D eigenvalue weighted by Crippen LogP contribution is 2.34. The number of aromatic nitrogens is 3. The predicted molar refractivity (Wildman–Crippen MR) is 103 cm³/mol. The third-order valence-electron chi connectivity index (χ3n) is 4.02. The molecule has 0 spiro atoms. The molecule has 2 heterocycles. The summed E-state index contributed by atoms with van der Waals surface area (Å²) in [5.74, 6) is 3.94. The van der Waals surface area contributed by atoms with Gasteiger partial charge in [-0.3, -0.25) is 5.10 Å². The van der Waals surface area contributed by atoms with Crippen LogP contribution in [0.2, 0.25) is 0 Å². The summed E-state index contributed by atoms with van der Waals surface area (Å²) in [5.41, 5.74) is 0. The van der Waals surface area contributed by atoms with E-state index in [0.717, 1.165) is 22.3 Å². The van der Waals surface area contributed by atoms with Gasteiger partial charge in [-0.05, 0) is 41.8 Å². The van der Waals surface area contributed by atoms with Gasteiger partial charge in [-0.25, -0.2) is 0 Å². The Morgan fingerprint density at radius 1 is 0.889 bits per heavy atom. The van der Waals surface area contributed by atoms with Gasteiger partial charge < -0.3 is 19.5 Å². The molecule has 0 saturated heterocycles. The van der Waals surface area contributed by atoms with Gasteiger partial charge in [0, 0.05) is 17.5 Å². The largest absolute Gasteiger partial charge is 0.497 e. The number of nitrogens with one attached hydrogen (secondary N) is 2. The van der Waals surface area contributed by atoms with E-state index in [1.807, 2.05) is 54.6 Å². The van der Waals surface area contributed by atoms with Crippen molar-refractivity contribution in [2.75, 3.05) is 19.5 Å². The van der Waals surface area contributed by atoms with Crippen LogP contribution in [-0.4, -0.2) is 29.4 Å². The third-order valence-corrected chi connectivity index (χ3v) is 4.02. The van der Waals surface area contributed by atoms with Crippen molar-refractivity contribution in [3.63, 3.8) is 0 Å². The Balaban J connectivity index is 1.78. The molecule has 4 aromatic rings. The zero-order valence-corrected chi connectivity index (χ0v) is 14.9. The number of ether oxygens (including phenoxy) is 3. The molecule has 0 atom stereocenters. The van der Waals surface area contributed by atoms with Crippen LogP contribution in [0.25, 0.3) is 10.8 Å². The van der Waals surface area contributed by atoms with Crippen LogP contribution >= 0.6 is 0 Å². The smallest absolute Gasteiger partial charge is 0.229 e. The molecule has 0 aliphatic heterocycles. The quantitative estimate of drug-likeness (QED) is 0.525. The average molecular weight is 362 g/mol. The minimum absolute atomic E-state index is 0.477. The first-order valence-corrected chi connectivity index (χ1v) is 8.32. The van der Waals surface area contributed by atoms with E-state index in [1.54, 1.807) is 20.4 Å².